The van der Waals surface area contributed by atoms with Gasteiger partial charge in [-0.3, -0.25) is 14.9 Å². The first-order chi connectivity index (χ1) is 8.47. The Balaban J connectivity index is 2.99. The molecule has 0 spiro atoms. The average Bonchev–Trinajstić information content (AvgIpc) is 2.32. The second kappa shape index (κ2) is 6.20. The van der Waals surface area contributed by atoms with Crippen LogP contribution in [-0.4, -0.2) is 17.4 Å². The third-order valence-electron chi connectivity index (χ3n) is 2.39. The SMILES string of the molecule is CCCCNC(=O)c1cc([N+](=O)[O-])cc(Cl)c1N. The topological polar surface area (TPSA) is 98.3 Å². The number of hydrogen-bond acceptors (Lipinski definition) is 4. The van der Waals surface area contributed by atoms with E-state index in [1.165, 1.54) is 0 Å². The van der Waals surface area contributed by atoms with E-state index in [1.807, 2.05) is 6.92 Å². The Hall–Kier alpha value is -1.82. The lowest BCUT2D eigenvalue weighted by molar-refractivity contribution is -0.384. The van der Waals surface area contributed by atoms with Crippen molar-refractivity contribution < 1.29 is 9.72 Å². The van der Waals surface area contributed by atoms with E-state index in [1.54, 1.807) is 0 Å². The molecule has 0 saturated heterocycles. The summed E-state index contributed by atoms with van der Waals surface area (Å²) < 4.78 is 0. The molecule has 18 heavy (non-hydrogen) atoms. The number of amides is 1. The molecule has 0 radical (unpaired) electrons. The molecule has 98 valence electrons. The van der Waals surface area contributed by atoms with Crippen molar-refractivity contribution in [2.75, 3.05) is 12.3 Å². The molecule has 0 aliphatic heterocycles. The normalized spacial score (nSPS) is 10.1. The molecular weight excluding hydrogens is 258 g/mol. The van der Waals surface area contributed by atoms with E-state index in [2.05, 4.69) is 5.32 Å². The molecule has 0 atom stereocenters. The van der Waals surface area contributed by atoms with E-state index in [4.69, 9.17) is 17.3 Å². The van der Waals surface area contributed by atoms with Crippen molar-refractivity contribution in [2.24, 2.45) is 0 Å². The predicted octanol–water partition coefficient (Wildman–Crippen LogP) is 2.36. The molecule has 0 heterocycles. The largest absolute Gasteiger partial charge is 0.397 e. The van der Waals surface area contributed by atoms with Crippen LogP contribution in [0.15, 0.2) is 12.1 Å². The summed E-state index contributed by atoms with van der Waals surface area (Å²) in [6, 6.07) is 2.25. The predicted molar refractivity (Wildman–Crippen MR) is 69.8 cm³/mol. The molecule has 0 aliphatic rings. The van der Waals surface area contributed by atoms with Crippen LogP contribution < -0.4 is 11.1 Å². The maximum atomic E-state index is 11.8. The summed E-state index contributed by atoms with van der Waals surface area (Å²) in [6.07, 6.45) is 1.76. The molecule has 0 aliphatic carbocycles. The number of nitrogen functional groups attached to an aromatic ring is 1. The van der Waals surface area contributed by atoms with Gasteiger partial charge in [-0.1, -0.05) is 24.9 Å². The van der Waals surface area contributed by atoms with Crippen LogP contribution in [0.2, 0.25) is 5.02 Å². The quantitative estimate of drug-likeness (QED) is 0.372. The minimum Gasteiger partial charge on any atom is -0.397 e. The second-order valence-electron chi connectivity index (χ2n) is 3.76. The molecule has 0 unspecified atom stereocenters. The lowest BCUT2D eigenvalue weighted by Crippen LogP contribution is -2.25. The molecule has 0 saturated carbocycles. The number of hydrogen-bond donors (Lipinski definition) is 2. The number of carbonyl (C=O) groups excluding carboxylic acids is 1. The number of nitro benzene ring substituents is 1. The molecule has 7 heteroatoms. The fourth-order valence-corrected chi connectivity index (χ4v) is 1.58. The highest BCUT2D eigenvalue weighted by Crippen LogP contribution is 2.28. The molecule has 0 bridgehead atoms. The smallest absolute Gasteiger partial charge is 0.271 e. The molecular formula is C11H14ClN3O3. The summed E-state index contributed by atoms with van der Waals surface area (Å²) >= 11 is 5.76. The van der Waals surface area contributed by atoms with Crippen LogP contribution >= 0.6 is 11.6 Å². The first-order valence-corrected chi connectivity index (χ1v) is 5.86. The number of rotatable bonds is 5. The Morgan fingerprint density at radius 1 is 1.56 bits per heavy atom. The van der Waals surface area contributed by atoms with Gasteiger partial charge in [0.15, 0.2) is 0 Å². The van der Waals surface area contributed by atoms with Gasteiger partial charge in [-0.05, 0) is 6.42 Å². The van der Waals surface area contributed by atoms with E-state index in [9.17, 15) is 14.9 Å². The minimum absolute atomic E-state index is 0.00448. The maximum Gasteiger partial charge on any atom is 0.271 e. The zero-order valence-corrected chi connectivity index (χ0v) is 10.7. The lowest BCUT2D eigenvalue weighted by Gasteiger charge is -2.08. The highest BCUT2D eigenvalue weighted by molar-refractivity contribution is 6.34. The summed E-state index contributed by atoms with van der Waals surface area (Å²) in [4.78, 5) is 21.9. The number of nitrogens with zero attached hydrogens (tertiary/aromatic N) is 1. The highest BCUT2D eigenvalue weighted by atomic mass is 35.5. The van der Waals surface area contributed by atoms with Gasteiger partial charge in [-0.25, -0.2) is 0 Å². The second-order valence-corrected chi connectivity index (χ2v) is 4.16. The van der Waals surface area contributed by atoms with Gasteiger partial charge in [-0.15, -0.1) is 0 Å². The summed E-state index contributed by atoms with van der Waals surface area (Å²) in [5, 5.41) is 13.3. The number of halogens is 1. The van der Waals surface area contributed by atoms with Gasteiger partial charge in [0.1, 0.15) is 0 Å². The van der Waals surface area contributed by atoms with E-state index in [0.29, 0.717) is 6.54 Å². The minimum atomic E-state index is -0.617. The number of unbranched alkanes of at least 4 members (excludes halogenated alkanes) is 1. The van der Waals surface area contributed by atoms with Crippen molar-refractivity contribution in [2.45, 2.75) is 19.8 Å². The Bertz CT molecular complexity index is 477. The van der Waals surface area contributed by atoms with Crippen LogP contribution in [0, 0.1) is 10.1 Å². The first kappa shape index (κ1) is 14.2. The van der Waals surface area contributed by atoms with Crippen molar-refractivity contribution in [3.63, 3.8) is 0 Å². The standard InChI is InChI=1S/C11H14ClN3O3/c1-2-3-4-14-11(16)8-5-7(15(17)18)6-9(12)10(8)13/h5-6H,2-4,13H2,1H3,(H,14,16). The van der Waals surface area contributed by atoms with E-state index < -0.39 is 10.8 Å². The Morgan fingerprint density at radius 2 is 2.22 bits per heavy atom. The Morgan fingerprint density at radius 3 is 2.78 bits per heavy atom. The van der Waals surface area contributed by atoms with E-state index in [0.717, 1.165) is 25.0 Å². The van der Waals surface area contributed by atoms with Crippen molar-refractivity contribution in [3.8, 4) is 0 Å². The average molecular weight is 272 g/mol. The first-order valence-electron chi connectivity index (χ1n) is 5.49. The Labute approximate surface area is 109 Å². The van der Waals surface area contributed by atoms with Crippen LogP contribution in [0.4, 0.5) is 11.4 Å². The van der Waals surface area contributed by atoms with Gasteiger partial charge in [0, 0.05) is 18.7 Å². The monoisotopic (exact) mass is 271 g/mol. The van der Waals surface area contributed by atoms with Crippen molar-refractivity contribution >= 4 is 28.9 Å². The van der Waals surface area contributed by atoms with Crippen LogP contribution in [0.3, 0.4) is 0 Å². The van der Waals surface area contributed by atoms with Gasteiger partial charge < -0.3 is 11.1 Å². The van der Waals surface area contributed by atoms with Crippen LogP contribution in [0.25, 0.3) is 0 Å². The summed E-state index contributed by atoms with van der Waals surface area (Å²) in [7, 11) is 0. The number of non-ortho nitro benzene ring substituents is 1. The number of carbonyl (C=O) groups is 1. The molecule has 3 N–H and O–H groups in total. The van der Waals surface area contributed by atoms with Crippen molar-refractivity contribution in [3.05, 3.63) is 32.8 Å². The zero-order chi connectivity index (χ0) is 13.7. The Kier molecular flexibility index (Phi) is 4.91. The lowest BCUT2D eigenvalue weighted by atomic mass is 10.1. The summed E-state index contributed by atoms with van der Waals surface area (Å²) in [5.41, 5.74) is 5.47. The van der Waals surface area contributed by atoms with Gasteiger partial charge in [0.2, 0.25) is 0 Å². The highest BCUT2D eigenvalue weighted by Gasteiger charge is 2.18. The molecule has 1 rings (SSSR count). The van der Waals surface area contributed by atoms with Gasteiger partial charge in [0.25, 0.3) is 11.6 Å². The molecule has 0 aromatic heterocycles. The number of nitrogens with two attached hydrogens (primary N) is 1. The maximum absolute atomic E-state index is 11.8. The fourth-order valence-electron chi connectivity index (χ4n) is 1.37. The molecule has 1 aromatic rings. The van der Waals surface area contributed by atoms with E-state index >= 15 is 0 Å². The van der Waals surface area contributed by atoms with E-state index in [-0.39, 0.29) is 22.0 Å². The third kappa shape index (κ3) is 3.33. The summed E-state index contributed by atoms with van der Waals surface area (Å²) in [5.74, 6) is -0.452. The number of anilines is 1. The van der Waals surface area contributed by atoms with Crippen LogP contribution in [0.1, 0.15) is 30.1 Å². The molecule has 1 aromatic carbocycles. The number of nitrogens with one attached hydrogen (secondary N) is 1. The molecule has 6 nitrogen and oxygen atoms in total. The third-order valence-corrected chi connectivity index (χ3v) is 2.70. The number of nitro groups is 1. The van der Waals surface area contributed by atoms with Crippen molar-refractivity contribution in [1.82, 2.24) is 5.32 Å². The van der Waals surface area contributed by atoms with Crippen LogP contribution in [0.5, 0.6) is 0 Å². The van der Waals surface area contributed by atoms with Gasteiger partial charge >= 0.3 is 0 Å². The van der Waals surface area contributed by atoms with Gasteiger partial charge in [-0.2, -0.15) is 0 Å². The molecule has 0 fully saturated rings. The summed E-state index contributed by atoms with van der Waals surface area (Å²) in [6.45, 7) is 2.49. The van der Waals surface area contributed by atoms with Gasteiger partial charge in [0.05, 0.1) is 21.2 Å². The zero-order valence-electron chi connectivity index (χ0n) is 9.90. The fraction of sp³-hybridized carbons (Fsp3) is 0.364. The molecule has 1 amide bonds. The number of benzene rings is 1. The van der Waals surface area contributed by atoms with Crippen molar-refractivity contribution in [1.29, 1.82) is 0 Å². The van der Waals surface area contributed by atoms with Crippen LogP contribution in [-0.2, 0) is 0 Å².